The molecule has 0 aromatic rings. The summed E-state index contributed by atoms with van der Waals surface area (Å²) in [6, 6.07) is 0. The fourth-order valence-electron chi connectivity index (χ4n) is 1.77. The predicted octanol–water partition coefficient (Wildman–Crippen LogP) is -0.167. The summed E-state index contributed by atoms with van der Waals surface area (Å²) in [6.45, 7) is 3.51. The van der Waals surface area contributed by atoms with Crippen molar-refractivity contribution < 1.29 is 23.1 Å². The molecule has 0 aromatic heterocycles. The number of halogens is 3. The second-order valence-electron chi connectivity index (χ2n) is 4.28. The van der Waals surface area contributed by atoms with Gasteiger partial charge >= 0.3 is 6.18 Å². The Kier molecular flexibility index (Phi) is 6.32. The second kappa shape index (κ2) is 7.51. The zero-order valence-corrected chi connectivity index (χ0v) is 10.5. The highest BCUT2D eigenvalue weighted by atomic mass is 19.4. The molecule has 112 valence electrons. The first-order chi connectivity index (χ1) is 8.95. The van der Waals surface area contributed by atoms with E-state index in [9.17, 15) is 13.2 Å². The van der Waals surface area contributed by atoms with Crippen molar-refractivity contribution in [3.8, 4) is 0 Å². The van der Waals surface area contributed by atoms with Crippen LogP contribution in [0.2, 0.25) is 0 Å². The van der Waals surface area contributed by atoms with Gasteiger partial charge in [-0.3, -0.25) is 4.90 Å². The van der Waals surface area contributed by atoms with E-state index in [1.54, 1.807) is 0 Å². The van der Waals surface area contributed by atoms with Gasteiger partial charge in [0.05, 0.1) is 13.2 Å². The standard InChI is InChI=1S/C10H19F3N4O2/c11-10(12,13)8(9(14)16-18)7-15-1-2-17-3-5-19-6-4-17/h8,15,18H,1-7H2,(H2,14,16). The lowest BCUT2D eigenvalue weighted by Crippen LogP contribution is -2.45. The Balaban J connectivity index is 2.28. The molecule has 1 saturated heterocycles. The number of hydrogen-bond acceptors (Lipinski definition) is 5. The lowest BCUT2D eigenvalue weighted by Gasteiger charge is -2.27. The molecule has 0 bridgehead atoms. The van der Waals surface area contributed by atoms with E-state index in [0.717, 1.165) is 13.1 Å². The maximum absolute atomic E-state index is 12.6. The van der Waals surface area contributed by atoms with Gasteiger partial charge in [0.1, 0.15) is 5.92 Å². The maximum atomic E-state index is 12.6. The van der Waals surface area contributed by atoms with Crippen LogP contribution in [0.25, 0.3) is 0 Å². The van der Waals surface area contributed by atoms with Crippen molar-refractivity contribution in [2.24, 2.45) is 16.8 Å². The highest BCUT2D eigenvalue weighted by Gasteiger charge is 2.42. The van der Waals surface area contributed by atoms with Crippen LogP contribution in [-0.4, -0.2) is 68.1 Å². The molecule has 1 fully saturated rings. The molecule has 9 heteroatoms. The van der Waals surface area contributed by atoms with E-state index in [0.29, 0.717) is 26.3 Å². The van der Waals surface area contributed by atoms with Crippen molar-refractivity contribution in [2.75, 3.05) is 45.9 Å². The number of nitrogens with zero attached hydrogens (tertiary/aromatic N) is 2. The molecule has 0 aliphatic carbocycles. The Labute approximate surface area is 109 Å². The second-order valence-corrected chi connectivity index (χ2v) is 4.28. The Hall–Kier alpha value is -1.06. The molecular formula is C10H19F3N4O2. The summed E-state index contributed by atoms with van der Waals surface area (Å²) in [4.78, 5) is 2.10. The number of hydrogen-bond donors (Lipinski definition) is 3. The summed E-state index contributed by atoms with van der Waals surface area (Å²) in [5, 5.41) is 13.5. The largest absolute Gasteiger partial charge is 0.409 e. The van der Waals surface area contributed by atoms with Crippen LogP contribution < -0.4 is 11.1 Å². The maximum Gasteiger partial charge on any atom is 0.400 e. The van der Waals surface area contributed by atoms with Crippen molar-refractivity contribution in [1.82, 2.24) is 10.2 Å². The van der Waals surface area contributed by atoms with Crippen LogP contribution >= 0.6 is 0 Å². The summed E-state index contributed by atoms with van der Waals surface area (Å²) < 4.78 is 43.0. The number of rotatable bonds is 6. The van der Waals surface area contributed by atoms with Crippen LogP contribution in [-0.2, 0) is 4.74 Å². The van der Waals surface area contributed by atoms with Crippen LogP contribution in [0.4, 0.5) is 13.2 Å². The normalized spacial score (nSPS) is 20.5. The topological polar surface area (TPSA) is 83.1 Å². The highest BCUT2D eigenvalue weighted by molar-refractivity contribution is 5.83. The van der Waals surface area contributed by atoms with E-state index in [1.165, 1.54) is 0 Å². The first-order valence-corrected chi connectivity index (χ1v) is 6.00. The van der Waals surface area contributed by atoms with Crippen molar-refractivity contribution in [1.29, 1.82) is 0 Å². The summed E-state index contributed by atoms with van der Waals surface area (Å²) in [6.07, 6.45) is -4.53. The number of nitrogens with two attached hydrogens (primary N) is 1. The minimum Gasteiger partial charge on any atom is -0.409 e. The average molecular weight is 284 g/mol. The Morgan fingerprint density at radius 2 is 2.05 bits per heavy atom. The lowest BCUT2D eigenvalue weighted by atomic mass is 10.1. The fraction of sp³-hybridized carbons (Fsp3) is 0.900. The van der Waals surface area contributed by atoms with Gasteiger partial charge in [-0.15, -0.1) is 0 Å². The van der Waals surface area contributed by atoms with Crippen molar-refractivity contribution in [3.63, 3.8) is 0 Å². The van der Waals surface area contributed by atoms with Gasteiger partial charge in [0, 0.05) is 32.7 Å². The van der Waals surface area contributed by atoms with Crippen LogP contribution in [0.15, 0.2) is 5.16 Å². The van der Waals surface area contributed by atoms with E-state index in [4.69, 9.17) is 15.7 Å². The zero-order chi connectivity index (χ0) is 14.3. The predicted molar refractivity (Wildman–Crippen MR) is 63.1 cm³/mol. The fourth-order valence-corrected chi connectivity index (χ4v) is 1.77. The van der Waals surface area contributed by atoms with Crippen molar-refractivity contribution >= 4 is 5.84 Å². The summed E-state index contributed by atoms with van der Waals surface area (Å²) >= 11 is 0. The molecule has 0 radical (unpaired) electrons. The molecule has 1 unspecified atom stereocenters. The van der Waals surface area contributed by atoms with Crippen LogP contribution in [0, 0.1) is 5.92 Å². The number of nitrogens with one attached hydrogen (secondary N) is 1. The van der Waals surface area contributed by atoms with Gasteiger partial charge in [0.25, 0.3) is 0 Å². The Morgan fingerprint density at radius 1 is 1.42 bits per heavy atom. The SMILES string of the molecule is NC(=NO)C(CNCCN1CCOCC1)C(F)(F)F. The molecule has 1 aliphatic heterocycles. The third-order valence-electron chi connectivity index (χ3n) is 2.92. The molecule has 1 atom stereocenters. The van der Waals surface area contributed by atoms with Crippen LogP contribution in [0.1, 0.15) is 0 Å². The van der Waals surface area contributed by atoms with Crippen LogP contribution in [0.3, 0.4) is 0 Å². The van der Waals surface area contributed by atoms with Gasteiger partial charge in [-0.1, -0.05) is 5.16 Å². The molecule has 1 heterocycles. The van der Waals surface area contributed by atoms with Gasteiger partial charge in [0.15, 0.2) is 5.84 Å². The Morgan fingerprint density at radius 3 is 2.58 bits per heavy atom. The number of morpholine rings is 1. The van der Waals surface area contributed by atoms with E-state index >= 15 is 0 Å². The first kappa shape index (κ1) is 16.0. The highest BCUT2D eigenvalue weighted by Crippen LogP contribution is 2.25. The van der Waals surface area contributed by atoms with Gasteiger partial charge in [-0.05, 0) is 0 Å². The molecule has 6 nitrogen and oxygen atoms in total. The molecule has 0 aromatic carbocycles. The van der Waals surface area contributed by atoms with Crippen molar-refractivity contribution in [2.45, 2.75) is 6.18 Å². The zero-order valence-electron chi connectivity index (χ0n) is 10.5. The van der Waals surface area contributed by atoms with Gasteiger partial charge in [0.2, 0.25) is 0 Å². The minimum absolute atomic E-state index is 0.399. The molecule has 0 saturated carbocycles. The summed E-state index contributed by atoms with van der Waals surface area (Å²) in [5.74, 6) is -2.80. The smallest absolute Gasteiger partial charge is 0.400 e. The van der Waals surface area contributed by atoms with Gasteiger partial charge in [-0.25, -0.2) is 0 Å². The summed E-state index contributed by atoms with van der Waals surface area (Å²) in [5.41, 5.74) is 5.04. The molecule has 0 amide bonds. The molecule has 4 N–H and O–H groups in total. The molecule has 0 spiro atoms. The average Bonchev–Trinajstić information content (AvgIpc) is 2.37. The lowest BCUT2D eigenvalue weighted by molar-refractivity contribution is -0.154. The molecule has 19 heavy (non-hydrogen) atoms. The van der Waals surface area contributed by atoms with E-state index < -0.39 is 24.5 Å². The monoisotopic (exact) mass is 284 g/mol. The van der Waals surface area contributed by atoms with E-state index in [2.05, 4.69) is 15.4 Å². The number of oxime groups is 1. The van der Waals surface area contributed by atoms with Gasteiger partial charge < -0.3 is 21.0 Å². The van der Waals surface area contributed by atoms with Crippen molar-refractivity contribution in [3.05, 3.63) is 0 Å². The first-order valence-electron chi connectivity index (χ1n) is 6.00. The number of alkyl halides is 3. The number of amidine groups is 1. The Bertz CT molecular complexity index is 293. The molecule has 1 rings (SSSR count). The molecular weight excluding hydrogens is 265 g/mol. The third kappa shape index (κ3) is 5.62. The number of ether oxygens (including phenoxy) is 1. The van der Waals surface area contributed by atoms with Gasteiger partial charge in [-0.2, -0.15) is 13.2 Å². The van der Waals surface area contributed by atoms with Crippen LogP contribution in [0.5, 0.6) is 0 Å². The van der Waals surface area contributed by atoms with E-state index in [-0.39, 0.29) is 0 Å². The third-order valence-corrected chi connectivity index (χ3v) is 2.92. The summed E-state index contributed by atoms with van der Waals surface area (Å²) in [7, 11) is 0. The minimum atomic E-state index is -4.53. The quantitative estimate of drug-likeness (QED) is 0.207. The molecule has 1 aliphatic rings. The van der Waals surface area contributed by atoms with E-state index in [1.807, 2.05) is 0 Å².